The van der Waals surface area contributed by atoms with Crippen LogP contribution in [0.3, 0.4) is 0 Å². The van der Waals surface area contributed by atoms with Crippen LogP contribution in [-0.2, 0) is 0 Å². The summed E-state index contributed by atoms with van der Waals surface area (Å²) in [6.45, 7) is 8.83. The Kier molecular flexibility index (Phi) is 9.55. The van der Waals surface area contributed by atoms with Gasteiger partial charge in [-0.2, -0.15) is 8.78 Å². The molecule has 0 amide bonds. The zero-order valence-corrected chi connectivity index (χ0v) is 26.4. The monoisotopic (exact) mass is 720 g/mol. The van der Waals surface area contributed by atoms with Crippen molar-refractivity contribution in [3.63, 3.8) is 0 Å². The van der Waals surface area contributed by atoms with Gasteiger partial charge >= 0.3 is 0 Å². The van der Waals surface area contributed by atoms with Gasteiger partial charge in [0.15, 0.2) is 40.2 Å². The van der Waals surface area contributed by atoms with Crippen LogP contribution in [0, 0.1) is 102 Å². The summed E-state index contributed by atoms with van der Waals surface area (Å²) in [6, 6.07) is 3.11. The molecule has 0 aliphatic rings. The first-order chi connectivity index (χ1) is 21.9. The van der Waals surface area contributed by atoms with Crippen LogP contribution < -0.4 is 27.0 Å². The molecule has 0 nitrogen and oxygen atoms in total. The van der Waals surface area contributed by atoms with Gasteiger partial charge in [-0.3, -0.25) is 0 Å². The second-order valence-electron chi connectivity index (χ2n) is 12.2. The summed E-state index contributed by atoms with van der Waals surface area (Å²) in [5.41, 5.74) is -8.00. The van der Waals surface area contributed by atoms with Gasteiger partial charge in [0.2, 0.25) is 11.6 Å². The lowest BCUT2D eigenvalue weighted by molar-refractivity contribution is 0.380. The van der Waals surface area contributed by atoms with Gasteiger partial charge in [-0.05, 0) is 52.7 Å². The van der Waals surface area contributed by atoms with Crippen molar-refractivity contribution in [3.8, 4) is 0 Å². The third-order valence-corrected chi connectivity index (χ3v) is 11.6. The summed E-state index contributed by atoms with van der Waals surface area (Å²) >= 11 is 0. The highest BCUT2D eigenvalue weighted by Crippen LogP contribution is 2.50. The Morgan fingerprint density at radius 1 is 0.417 bits per heavy atom. The fourth-order valence-corrected chi connectivity index (χ4v) is 9.38. The fourth-order valence-electron chi connectivity index (χ4n) is 6.04. The molecule has 1 atom stereocenters. The summed E-state index contributed by atoms with van der Waals surface area (Å²) in [5.74, 6) is -43.1. The second kappa shape index (κ2) is 12.3. The van der Waals surface area contributed by atoms with E-state index in [2.05, 4.69) is 0 Å². The highest BCUT2D eigenvalue weighted by Gasteiger charge is 2.51. The van der Waals surface area contributed by atoms with Crippen LogP contribution in [0.4, 0.5) is 65.8 Å². The Labute approximate surface area is 264 Å². The Balaban J connectivity index is 2.32. The van der Waals surface area contributed by atoms with Crippen LogP contribution in [0.25, 0.3) is 0 Å². The number of rotatable bonds is 5. The molecule has 0 aromatic heterocycles. The molecule has 4 aromatic carbocycles. The molecule has 48 heavy (non-hydrogen) atoms. The fraction of sp³-hybridized carbons (Fsp3) is 0.226. The van der Waals surface area contributed by atoms with E-state index >= 15 is 39.4 Å². The van der Waals surface area contributed by atoms with E-state index in [0.29, 0.717) is 16.7 Å². The SMILES string of the molecule is Cc1cc(C)c([PH+](c2c(F)c(F)c([B-](F)(c3c(F)c(F)c(F)c(F)c3F)c3c(F)c(F)c(F)c(F)c3F)c(F)c2F)C(C)(C)C)c(C)c1. The van der Waals surface area contributed by atoms with E-state index < -0.39 is 123 Å². The zero-order valence-electron chi connectivity index (χ0n) is 25.4. The van der Waals surface area contributed by atoms with Crippen molar-refractivity contribution in [1.82, 2.24) is 0 Å². The maximum atomic E-state index is 17.3. The van der Waals surface area contributed by atoms with E-state index in [9.17, 15) is 26.3 Å². The van der Waals surface area contributed by atoms with Gasteiger partial charge < -0.3 is 4.32 Å². The molecule has 0 N–H and O–H groups in total. The minimum atomic E-state index is -6.87. The van der Waals surface area contributed by atoms with Crippen LogP contribution in [0.2, 0.25) is 0 Å². The lowest BCUT2D eigenvalue weighted by Gasteiger charge is -2.37. The topological polar surface area (TPSA) is 0 Å². The summed E-state index contributed by atoms with van der Waals surface area (Å²) in [5, 5.41) is -2.51. The summed E-state index contributed by atoms with van der Waals surface area (Å²) in [4.78, 5) is 0. The zero-order chi connectivity index (χ0) is 36.7. The van der Waals surface area contributed by atoms with E-state index in [1.54, 1.807) is 19.1 Å². The molecule has 0 heterocycles. The van der Waals surface area contributed by atoms with Crippen LogP contribution >= 0.6 is 7.92 Å². The molecular formula is C31H21BF15P. The van der Waals surface area contributed by atoms with E-state index in [1.165, 1.54) is 34.6 Å². The molecule has 1 unspecified atom stereocenters. The molecule has 0 spiro atoms. The minimum absolute atomic E-state index is 0.180. The Bertz CT molecular complexity index is 1840. The van der Waals surface area contributed by atoms with Gasteiger partial charge in [-0.25, -0.2) is 52.7 Å². The quantitative estimate of drug-likeness (QED) is 0.0661. The van der Waals surface area contributed by atoms with Gasteiger partial charge in [0.05, 0.1) is 13.1 Å². The number of aryl methyl sites for hydroxylation is 3. The number of halogens is 15. The molecule has 0 bridgehead atoms. The average Bonchev–Trinajstić information content (AvgIpc) is 2.98. The molecule has 4 aromatic rings. The highest BCUT2D eigenvalue weighted by atomic mass is 31.1. The molecule has 0 aliphatic carbocycles. The van der Waals surface area contributed by atoms with Crippen molar-refractivity contribution >= 4 is 41.3 Å². The van der Waals surface area contributed by atoms with E-state index in [1.807, 2.05) is 0 Å². The normalized spacial score (nSPS) is 13.0. The molecule has 258 valence electrons. The van der Waals surface area contributed by atoms with Gasteiger partial charge in [-0.1, -0.05) is 34.1 Å². The van der Waals surface area contributed by atoms with Gasteiger partial charge in [-0.15, -0.1) is 0 Å². The second-order valence-corrected chi connectivity index (χ2v) is 15.4. The van der Waals surface area contributed by atoms with Crippen LogP contribution in [-0.4, -0.2) is 11.6 Å². The molecule has 17 heteroatoms. The van der Waals surface area contributed by atoms with E-state index in [-0.39, 0.29) is 5.30 Å². The van der Waals surface area contributed by atoms with Gasteiger partial charge in [0.25, 0.3) is 6.42 Å². The van der Waals surface area contributed by atoms with Gasteiger partial charge in [0, 0.05) is 0 Å². The van der Waals surface area contributed by atoms with Crippen LogP contribution in [0.15, 0.2) is 12.1 Å². The van der Waals surface area contributed by atoms with Crippen LogP contribution in [0.5, 0.6) is 0 Å². The first-order valence-electron chi connectivity index (χ1n) is 13.6. The van der Waals surface area contributed by atoms with Crippen molar-refractivity contribution < 1.29 is 65.8 Å². The Morgan fingerprint density at radius 2 is 0.667 bits per heavy atom. The first kappa shape index (κ1) is 37.1. The summed E-state index contributed by atoms with van der Waals surface area (Å²) in [6.07, 6.45) is -6.87. The number of hydrogen-bond donors (Lipinski definition) is 0. The number of hydrogen-bond acceptors (Lipinski definition) is 0. The largest absolute Gasteiger partial charge is 0.498 e. The van der Waals surface area contributed by atoms with Crippen molar-refractivity contribution in [2.24, 2.45) is 0 Å². The lowest BCUT2D eigenvalue weighted by atomic mass is 9.30. The molecular weight excluding hydrogens is 699 g/mol. The average molecular weight is 720 g/mol. The standard InChI is InChI=1S/C31H20BF15P/c1-9-7-10(2)29(11(3)8-9)48(31(4,5)6)30-27(45)19(37)14(20(38)28(30)46)32(47,12-15(33)21(39)25(43)22(40)16(12)34)13-17(35)23(41)26(44)24(42)18(13)36/h7-8H,1-6H3/q-1/p+1. The maximum Gasteiger partial charge on any atom is 0.251 e. The Hall–Kier alpha value is -3.68. The van der Waals surface area contributed by atoms with E-state index in [0.717, 1.165) is 0 Å². The van der Waals surface area contributed by atoms with E-state index in [4.69, 9.17) is 0 Å². The summed E-state index contributed by atoms with van der Waals surface area (Å²) in [7, 11) is -3.14. The predicted molar refractivity (Wildman–Crippen MR) is 152 cm³/mol. The molecule has 0 saturated carbocycles. The Morgan fingerprint density at radius 3 is 0.938 bits per heavy atom. The molecule has 0 aliphatic heterocycles. The molecule has 4 rings (SSSR count). The van der Waals surface area contributed by atoms with Crippen LogP contribution in [0.1, 0.15) is 37.5 Å². The smallest absolute Gasteiger partial charge is 0.251 e. The predicted octanol–water partition coefficient (Wildman–Crippen LogP) is 7.46. The number of benzene rings is 4. The molecule has 0 fully saturated rings. The van der Waals surface area contributed by atoms with Crippen molar-refractivity contribution in [2.75, 3.05) is 0 Å². The third-order valence-electron chi connectivity index (χ3n) is 7.91. The minimum Gasteiger partial charge on any atom is -0.498 e. The van der Waals surface area contributed by atoms with Gasteiger partial charge in [0.1, 0.15) is 40.2 Å². The van der Waals surface area contributed by atoms with Crippen molar-refractivity contribution in [3.05, 3.63) is 110 Å². The highest BCUT2D eigenvalue weighted by molar-refractivity contribution is 7.74. The first-order valence-corrected chi connectivity index (χ1v) is 15.1. The molecule has 0 radical (unpaired) electrons. The summed E-state index contributed by atoms with van der Waals surface area (Å²) < 4.78 is 228. The lowest BCUT2D eigenvalue weighted by Crippen LogP contribution is -2.70. The molecule has 0 saturated heterocycles. The maximum absolute atomic E-state index is 17.3. The van der Waals surface area contributed by atoms with Crippen molar-refractivity contribution in [2.45, 2.75) is 46.7 Å². The van der Waals surface area contributed by atoms with Crippen molar-refractivity contribution in [1.29, 1.82) is 0 Å². The third kappa shape index (κ3) is 5.34.